The van der Waals surface area contributed by atoms with Crippen LogP contribution in [0.25, 0.3) is 11.2 Å². The van der Waals surface area contributed by atoms with Crippen LogP contribution < -0.4 is 30.2 Å². The second kappa shape index (κ2) is 14.0. The van der Waals surface area contributed by atoms with Gasteiger partial charge in [0.2, 0.25) is 5.88 Å². The van der Waals surface area contributed by atoms with E-state index in [0.717, 1.165) is 29.7 Å². The summed E-state index contributed by atoms with van der Waals surface area (Å²) in [5.74, 6) is 2.14. The molecule has 44 heavy (non-hydrogen) atoms. The van der Waals surface area contributed by atoms with E-state index in [0.29, 0.717) is 60.7 Å². The molecule has 0 unspecified atom stereocenters. The Labute approximate surface area is 260 Å². The van der Waals surface area contributed by atoms with Gasteiger partial charge in [-0.3, -0.25) is 0 Å². The second-order valence-electron chi connectivity index (χ2n) is 10.3. The van der Waals surface area contributed by atoms with E-state index in [1.165, 1.54) is 10.9 Å². The summed E-state index contributed by atoms with van der Waals surface area (Å²) in [6.45, 7) is 1.59. The standard InChI is InChI=1S/C30H36ClN7O6/c1-37(15-19-5-6-20(41-3)13-24(19)42-4)22-14-25(31)35-29-28(22)33-17-38(29)30(39)34-21-7-8-23(21)44-16-18-11-26(32)36-27(12-18)43-10-9-40-2/h5-6,11-14,17,21,23H,7-10,15-16H2,1-4H3,(H2,32,36)(H,34,39)/t21-,23-/m1/s1. The summed E-state index contributed by atoms with van der Waals surface area (Å²) in [6, 6.07) is 10.3. The van der Waals surface area contributed by atoms with Crippen molar-refractivity contribution in [2.24, 2.45) is 0 Å². The highest BCUT2D eigenvalue weighted by molar-refractivity contribution is 6.30. The third-order valence-corrected chi connectivity index (χ3v) is 7.58. The topological polar surface area (TPSA) is 148 Å². The number of nitrogens with two attached hydrogens (primary N) is 1. The summed E-state index contributed by atoms with van der Waals surface area (Å²) < 4.78 is 28.9. The third-order valence-electron chi connectivity index (χ3n) is 7.39. The van der Waals surface area contributed by atoms with Gasteiger partial charge in [0.15, 0.2) is 5.65 Å². The maximum absolute atomic E-state index is 13.4. The van der Waals surface area contributed by atoms with E-state index >= 15 is 0 Å². The highest BCUT2D eigenvalue weighted by atomic mass is 35.5. The maximum atomic E-state index is 13.4. The van der Waals surface area contributed by atoms with E-state index in [9.17, 15) is 4.79 Å². The number of carbonyl (C=O) groups is 1. The zero-order valence-corrected chi connectivity index (χ0v) is 25.8. The summed E-state index contributed by atoms with van der Waals surface area (Å²) in [7, 11) is 6.74. The van der Waals surface area contributed by atoms with Crippen molar-refractivity contribution in [1.82, 2.24) is 24.8 Å². The Bertz CT molecular complexity index is 1620. The lowest BCUT2D eigenvalue weighted by Gasteiger charge is -2.36. The van der Waals surface area contributed by atoms with Crippen molar-refractivity contribution in [3.8, 4) is 17.4 Å². The molecule has 1 fully saturated rings. The minimum absolute atomic E-state index is 0.168. The van der Waals surface area contributed by atoms with Gasteiger partial charge in [0.25, 0.3) is 0 Å². The fraction of sp³-hybridized carbons (Fsp3) is 0.400. The lowest BCUT2D eigenvalue weighted by Crippen LogP contribution is -2.52. The number of methoxy groups -OCH3 is 3. The first-order valence-corrected chi connectivity index (χ1v) is 14.4. The predicted octanol–water partition coefficient (Wildman–Crippen LogP) is 4.05. The van der Waals surface area contributed by atoms with Crippen LogP contribution in [0, 0.1) is 0 Å². The predicted molar refractivity (Wildman–Crippen MR) is 166 cm³/mol. The Morgan fingerprint density at radius 3 is 2.68 bits per heavy atom. The van der Waals surface area contributed by atoms with E-state index in [1.54, 1.807) is 39.5 Å². The Morgan fingerprint density at radius 1 is 1.11 bits per heavy atom. The van der Waals surface area contributed by atoms with Gasteiger partial charge >= 0.3 is 6.03 Å². The van der Waals surface area contributed by atoms with E-state index in [4.69, 9.17) is 41.0 Å². The van der Waals surface area contributed by atoms with Gasteiger partial charge in [-0.25, -0.2) is 19.3 Å². The van der Waals surface area contributed by atoms with E-state index in [1.807, 2.05) is 30.1 Å². The molecule has 13 nitrogen and oxygen atoms in total. The first-order chi connectivity index (χ1) is 21.3. The number of hydrogen-bond donors (Lipinski definition) is 2. The number of nitrogens with zero attached hydrogens (tertiary/aromatic N) is 5. The SMILES string of the molecule is COCCOc1cc(CO[C@@H]2CC[C@H]2NC(=O)n2cnc3c(N(C)Cc4ccc(OC)cc4OC)cc(Cl)nc32)cc(N)n1. The Morgan fingerprint density at radius 2 is 1.95 bits per heavy atom. The van der Waals surface area contributed by atoms with Crippen molar-refractivity contribution in [3.05, 3.63) is 59.0 Å². The van der Waals surface area contributed by atoms with Crippen molar-refractivity contribution < 1.29 is 28.5 Å². The Kier molecular flexibility index (Phi) is 9.88. The molecule has 1 aliphatic carbocycles. The molecule has 5 rings (SSSR count). The van der Waals surface area contributed by atoms with Crippen molar-refractivity contribution in [2.75, 3.05) is 52.2 Å². The molecule has 0 bridgehead atoms. The number of nitrogens with one attached hydrogen (secondary N) is 1. The van der Waals surface area contributed by atoms with Gasteiger partial charge in [-0.2, -0.15) is 4.98 Å². The molecular weight excluding hydrogens is 590 g/mol. The number of imidazole rings is 1. The number of amides is 1. The summed E-state index contributed by atoms with van der Waals surface area (Å²) in [4.78, 5) is 28.5. The lowest BCUT2D eigenvalue weighted by atomic mass is 9.89. The number of fused-ring (bicyclic) bond motifs is 1. The normalized spacial score (nSPS) is 15.9. The minimum atomic E-state index is -0.368. The third kappa shape index (κ3) is 7.07. The Balaban J connectivity index is 1.25. The number of aromatic nitrogens is 4. The number of anilines is 2. The van der Waals surface area contributed by atoms with E-state index < -0.39 is 0 Å². The molecule has 1 saturated carbocycles. The highest BCUT2D eigenvalue weighted by Gasteiger charge is 2.34. The smallest absolute Gasteiger partial charge is 0.328 e. The molecule has 3 aromatic heterocycles. The van der Waals surface area contributed by atoms with Crippen molar-refractivity contribution in [2.45, 2.75) is 38.1 Å². The van der Waals surface area contributed by atoms with Crippen LogP contribution in [-0.2, 0) is 22.6 Å². The van der Waals surface area contributed by atoms with Crippen LogP contribution in [0.4, 0.5) is 16.3 Å². The van der Waals surface area contributed by atoms with Crippen LogP contribution in [0.1, 0.15) is 24.0 Å². The first kappa shape index (κ1) is 31.1. The fourth-order valence-electron chi connectivity index (χ4n) is 4.94. The number of ether oxygens (including phenoxy) is 5. The first-order valence-electron chi connectivity index (χ1n) is 14.1. The molecule has 2 atom stereocenters. The number of halogens is 1. The zero-order chi connectivity index (χ0) is 31.2. The summed E-state index contributed by atoms with van der Waals surface area (Å²) in [5, 5.41) is 3.29. The van der Waals surface area contributed by atoms with Crippen LogP contribution >= 0.6 is 11.6 Å². The zero-order valence-electron chi connectivity index (χ0n) is 25.1. The van der Waals surface area contributed by atoms with Crippen molar-refractivity contribution >= 4 is 40.3 Å². The average molecular weight is 626 g/mol. The molecule has 0 spiro atoms. The molecule has 0 saturated heterocycles. The van der Waals surface area contributed by atoms with Gasteiger partial charge in [-0.1, -0.05) is 11.6 Å². The quantitative estimate of drug-likeness (QED) is 0.164. The van der Waals surface area contributed by atoms with Gasteiger partial charge < -0.3 is 39.6 Å². The largest absolute Gasteiger partial charge is 0.497 e. The number of hydrogen-bond acceptors (Lipinski definition) is 11. The van der Waals surface area contributed by atoms with Gasteiger partial charge in [0.05, 0.1) is 45.3 Å². The summed E-state index contributed by atoms with van der Waals surface area (Å²) >= 11 is 6.43. The highest BCUT2D eigenvalue weighted by Crippen LogP contribution is 2.32. The fourth-order valence-corrected chi connectivity index (χ4v) is 5.12. The molecule has 3 heterocycles. The monoisotopic (exact) mass is 625 g/mol. The van der Waals surface area contributed by atoms with E-state index in [2.05, 4.69) is 20.3 Å². The molecule has 0 radical (unpaired) electrons. The van der Waals surface area contributed by atoms with Crippen LogP contribution in [0.5, 0.6) is 17.4 Å². The number of pyridine rings is 2. The minimum Gasteiger partial charge on any atom is -0.497 e. The summed E-state index contributed by atoms with van der Waals surface area (Å²) in [5.41, 5.74) is 9.31. The molecule has 1 aliphatic rings. The van der Waals surface area contributed by atoms with Crippen molar-refractivity contribution in [1.29, 1.82) is 0 Å². The number of carbonyl (C=O) groups excluding carboxylic acids is 1. The maximum Gasteiger partial charge on any atom is 0.328 e. The van der Waals surface area contributed by atoms with Crippen LogP contribution in [0.15, 0.2) is 42.7 Å². The van der Waals surface area contributed by atoms with Crippen LogP contribution in [0.3, 0.4) is 0 Å². The average Bonchev–Trinajstić information content (AvgIpc) is 3.42. The van der Waals surface area contributed by atoms with Gasteiger partial charge in [0, 0.05) is 44.5 Å². The molecule has 3 N–H and O–H groups in total. The molecular formula is C30H36ClN7O6. The lowest BCUT2D eigenvalue weighted by molar-refractivity contribution is -0.0323. The van der Waals surface area contributed by atoms with Gasteiger partial charge in [-0.15, -0.1) is 0 Å². The van der Waals surface area contributed by atoms with Crippen LogP contribution in [0.2, 0.25) is 5.15 Å². The molecule has 0 aliphatic heterocycles. The molecule has 1 aromatic carbocycles. The molecule has 234 valence electrons. The molecule has 14 heteroatoms. The summed E-state index contributed by atoms with van der Waals surface area (Å²) in [6.07, 6.45) is 2.87. The second-order valence-corrected chi connectivity index (χ2v) is 10.7. The van der Waals surface area contributed by atoms with Crippen LogP contribution in [-0.4, -0.2) is 79.3 Å². The number of benzene rings is 1. The van der Waals surface area contributed by atoms with E-state index in [-0.39, 0.29) is 23.3 Å². The molecule has 4 aromatic rings. The number of rotatable bonds is 13. The molecule has 1 amide bonds. The van der Waals surface area contributed by atoms with Gasteiger partial charge in [-0.05, 0) is 36.6 Å². The number of nitrogen functional groups attached to an aromatic ring is 1. The Hall–Kier alpha value is -4.33. The van der Waals surface area contributed by atoms with Crippen molar-refractivity contribution in [3.63, 3.8) is 0 Å². The van der Waals surface area contributed by atoms with Gasteiger partial charge in [0.1, 0.15) is 40.9 Å².